The average molecular weight is 167 g/mol. The zero-order valence-corrected chi connectivity index (χ0v) is 6.56. The number of nitrogens with zero attached hydrogens (tertiary/aromatic N) is 1. The fourth-order valence-corrected chi connectivity index (χ4v) is 0.843. The number of carbonyl (C=O) groups is 1. The molecule has 0 radical (unpaired) electrons. The quantitative estimate of drug-likeness (QED) is 0.673. The van der Waals surface area contributed by atoms with Crippen molar-refractivity contribution in [2.45, 2.75) is 13.0 Å². The van der Waals surface area contributed by atoms with Gasteiger partial charge in [0.2, 0.25) is 0 Å². The maximum atomic E-state index is 10.3. The van der Waals surface area contributed by atoms with E-state index in [1.807, 2.05) is 0 Å². The zero-order chi connectivity index (χ0) is 9.14. The Hall–Kier alpha value is -1.42. The summed E-state index contributed by atoms with van der Waals surface area (Å²) in [5.41, 5.74) is 0.857. The zero-order valence-electron chi connectivity index (χ0n) is 6.56. The van der Waals surface area contributed by atoms with Gasteiger partial charge in [-0.15, -0.1) is 0 Å². The highest BCUT2D eigenvalue weighted by Crippen LogP contribution is 2.09. The van der Waals surface area contributed by atoms with Crippen molar-refractivity contribution in [3.63, 3.8) is 0 Å². The highest BCUT2D eigenvalue weighted by molar-refractivity contribution is 5.73. The van der Waals surface area contributed by atoms with Gasteiger partial charge < -0.3 is 10.2 Å². The third-order valence-electron chi connectivity index (χ3n) is 1.42. The molecule has 1 rings (SSSR count). The molecule has 1 atom stereocenters. The molecule has 4 nitrogen and oxygen atoms in total. The first kappa shape index (κ1) is 8.67. The minimum atomic E-state index is -1.52. The molecule has 0 amide bonds. The molecule has 0 aliphatic heterocycles. The summed E-state index contributed by atoms with van der Waals surface area (Å²) in [4.78, 5) is 14.2. The van der Waals surface area contributed by atoms with E-state index in [-0.39, 0.29) is 5.69 Å². The second kappa shape index (κ2) is 3.32. The van der Waals surface area contributed by atoms with Crippen LogP contribution in [0.1, 0.15) is 17.5 Å². The molecule has 0 saturated heterocycles. The molecule has 0 bridgehead atoms. The number of carboxylic acid groups (broad SMARTS) is 1. The highest BCUT2D eigenvalue weighted by atomic mass is 16.4. The fourth-order valence-electron chi connectivity index (χ4n) is 0.843. The van der Waals surface area contributed by atoms with Gasteiger partial charge in [-0.3, -0.25) is 4.98 Å². The number of rotatable bonds is 2. The lowest BCUT2D eigenvalue weighted by Gasteiger charge is -2.04. The van der Waals surface area contributed by atoms with Crippen molar-refractivity contribution in [1.82, 2.24) is 4.98 Å². The number of pyridine rings is 1. The monoisotopic (exact) mass is 167 g/mol. The third kappa shape index (κ3) is 1.79. The summed E-state index contributed by atoms with van der Waals surface area (Å²) in [6.07, 6.45) is -1.52. The number of aryl methyl sites for hydroxylation is 1. The predicted octanol–water partition coefficient (Wildman–Crippen LogP) is 0.508. The summed E-state index contributed by atoms with van der Waals surface area (Å²) >= 11 is 0. The summed E-state index contributed by atoms with van der Waals surface area (Å²) < 4.78 is 0. The van der Waals surface area contributed by atoms with E-state index in [1.165, 1.54) is 6.07 Å². The standard InChI is InChI=1S/C8H9NO3/c1-5-3-2-4-6(9-5)7(10)8(11)12/h2-4,7,10H,1H3,(H,11,12)/t7-/m0/s1. The van der Waals surface area contributed by atoms with E-state index >= 15 is 0 Å². The summed E-state index contributed by atoms with van der Waals surface area (Å²) in [6.45, 7) is 1.73. The summed E-state index contributed by atoms with van der Waals surface area (Å²) in [5.74, 6) is -1.28. The van der Waals surface area contributed by atoms with Crippen LogP contribution >= 0.6 is 0 Å². The van der Waals surface area contributed by atoms with E-state index in [0.717, 1.165) is 0 Å². The smallest absolute Gasteiger partial charge is 0.338 e. The van der Waals surface area contributed by atoms with Crippen molar-refractivity contribution in [3.05, 3.63) is 29.6 Å². The van der Waals surface area contributed by atoms with Crippen LogP contribution in [0.2, 0.25) is 0 Å². The Kier molecular flexibility index (Phi) is 2.40. The van der Waals surface area contributed by atoms with E-state index in [4.69, 9.17) is 10.2 Å². The van der Waals surface area contributed by atoms with Gasteiger partial charge in [-0.1, -0.05) is 6.07 Å². The van der Waals surface area contributed by atoms with Crippen LogP contribution in [0.15, 0.2) is 18.2 Å². The summed E-state index contributed by atoms with van der Waals surface area (Å²) in [7, 11) is 0. The molecule has 1 aromatic rings. The van der Waals surface area contributed by atoms with E-state index in [0.29, 0.717) is 5.69 Å². The molecular weight excluding hydrogens is 158 g/mol. The third-order valence-corrected chi connectivity index (χ3v) is 1.42. The van der Waals surface area contributed by atoms with Crippen LogP contribution in [0.25, 0.3) is 0 Å². The van der Waals surface area contributed by atoms with E-state index in [9.17, 15) is 4.79 Å². The lowest BCUT2D eigenvalue weighted by Crippen LogP contribution is -2.12. The first-order valence-electron chi connectivity index (χ1n) is 3.45. The van der Waals surface area contributed by atoms with Gasteiger partial charge in [0.05, 0.1) is 5.69 Å². The first-order chi connectivity index (χ1) is 5.61. The molecule has 2 N–H and O–H groups in total. The van der Waals surface area contributed by atoms with Crippen LogP contribution in [-0.4, -0.2) is 21.2 Å². The number of hydrogen-bond acceptors (Lipinski definition) is 3. The Labute approximate surface area is 69.5 Å². The van der Waals surface area contributed by atoms with Crippen molar-refractivity contribution >= 4 is 5.97 Å². The Morgan fingerprint density at radius 1 is 1.58 bits per heavy atom. The molecule has 12 heavy (non-hydrogen) atoms. The molecule has 4 heteroatoms. The maximum absolute atomic E-state index is 10.3. The molecule has 0 unspecified atom stereocenters. The van der Waals surface area contributed by atoms with Crippen molar-refractivity contribution in [1.29, 1.82) is 0 Å². The van der Waals surface area contributed by atoms with Crippen molar-refractivity contribution < 1.29 is 15.0 Å². The first-order valence-corrected chi connectivity index (χ1v) is 3.45. The molecule has 0 aliphatic carbocycles. The summed E-state index contributed by atoms with van der Waals surface area (Å²) in [6, 6.07) is 4.87. The Bertz CT molecular complexity index is 298. The summed E-state index contributed by atoms with van der Waals surface area (Å²) in [5, 5.41) is 17.5. The predicted molar refractivity (Wildman–Crippen MR) is 41.6 cm³/mol. The van der Waals surface area contributed by atoms with Crippen molar-refractivity contribution in [3.8, 4) is 0 Å². The van der Waals surface area contributed by atoms with Crippen LogP contribution < -0.4 is 0 Å². The molecule has 1 aromatic heterocycles. The maximum Gasteiger partial charge on any atom is 0.338 e. The van der Waals surface area contributed by atoms with Gasteiger partial charge in [0.1, 0.15) is 0 Å². The van der Waals surface area contributed by atoms with Gasteiger partial charge in [0, 0.05) is 5.69 Å². The Balaban J connectivity index is 2.95. The lowest BCUT2D eigenvalue weighted by atomic mass is 10.2. The van der Waals surface area contributed by atoms with Crippen molar-refractivity contribution in [2.24, 2.45) is 0 Å². The average Bonchev–Trinajstić information content (AvgIpc) is 2.03. The van der Waals surface area contributed by atoms with Gasteiger partial charge in [-0.25, -0.2) is 4.79 Å². The number of aliphatic carboxylic acids is 1. The van der Waals surface area contributed by atoms with E-state index in [1.54, 1.807) is 19.1 Å². The molecular formula is C8H9NO3. The molecule has 0 fully saturated rings. The van der Waals surface area contributed by atoms with Crippen LogP contribution in [0.3, 0.4) is 0 Å². The molecule has 0 aliphatic rings. The van der Waals surface area contributed by atoms with Crippen molar-refractivity contribution in [2.75, 3.05) is 0 Å². The number of aliphatic hydroxyl groups is 1. The van der Waals surface area contributed by atoms with Gasteiger partial charge >= 0.3 is 5.97 Å². The van der Waals surface area contributed by atoms with Gasteiger partial charge in [0.25, 0.3) is 0 Å². The Morgan fingerprint density at radius 2 is 2.25 bits per heavy atom. The van der Waals surface area contributed by atoms with Crippen LogP contribution in [0.4, 0.5) is 0 Å². The van der Waals surface area contributed by atoms with Crippen LogP contribution in [-0.2, 0) is 4.79 Å². The van der Waals surface area contributed by atoms with Crippen LogP contribution in [0.5, 0.6) is 0 Å². The SMILES string of the molecule is Cc1cccc([C@H](O)C(=O)O)n1. The Morgan fingerprint density at radius 3 is 2.75 bits per heavy atom. The second-order valence-electron chi connectivity index (χ2n) is 2.44. The number of aromatic nitrogens is 1. The fraction of sp³-hybridized carbons (Fsp3) is 0.250. The molecule has 0 aromatic carbocycles. The van der Waals surface area contributed by atoms with Crippen LogP contribution in [0, 0.1) is 6.92 Å². The molecule has 64 valence electrons. The second-order valence-corrected chi connectivity index (χ2v) is 2.44. The topological polar surface area (TPSA) is 70.4 Å². The normalized spacial score (nSPS) is 12.5. The molecule has 0 spiro atoms. The minimum Gasteiger partial charge on any atom is -0.479 e. The van der Waals surface area contributed by atoms with Gasteiger partial charge in [-0.2, -0.15) is 0 Å². The minimum absolute atomic E-state index is 0.169. The van der Waals surface area contributed by atoms with Gasteiger partial charge in [-0.05, 0) is 19.1 Å². The number of hydrogen-bond donors (Lipinski definition) is 2. The lowest BCUT2D eigenvalue weighted by molar-refractivity contribution is -0.147. The molecule has 0 saturated carbocycles. The van der Waals surface area contributed by atoms with E-state index < -0.39 is 12.1 Å². The van der Waals surface area contributed by atoms with E-state index in [2.05, 4.69) is 4.98 Å². The number of carboxylic acids is 1. The highest BCUT2D eigenvalue weighted by Gasteiger charge is 2.16. The molecule has 1 heterocycles. The largest absolute Gasteiger partial charge is 0.479 e. The number of aliphatic hydroxyl groups excluding tert-OH is 1. The van der Waals surface area contributed by atoms with Gasteiger partial charge in [0.15, 0.2) is 6.10 Å².